The van der Waals surface area contributed by atoms with E-state index in [9.17, 15) is 4.79 Å². The lowest BCUT2D eigenvalue weighted by atomic mass is 10.0. The average Bonchev–Trinajstić information content (AvgIpc) is 2.26. The highest BCUT2D eigenvalue weighted by molar-refractivity contribution is 5.77. The Kier molecular flexibility index (Phi) is 5.15. The van der Waals surface area contributed by atoms with E-state index in [4.69, 9.17) is 5.73 Å². The molecule has 0 aliphatic carbocycles. The summed E-state index contributed by atoms with van der Waals surface area (Å²) in [5.74, 6) is 5.89. The van der Waals surface area contributed by atoms with Gasteiger partial charge in [0, 0.05) is 12.0 Å². The second-order valence-electron chi connectivity index (χ2n) is 3.71. The first-order valence-corrected chi connectivity index (χ1v) is 5.59. The van der Waals surface area contributed by atoms with Gasteiger partial charge in [-0.3, -0.25) is 4.79 Å². The monoisotopic (exact) mass is 215 g/mol. The van der Waals surface area contributed by atoms with Crippen molar-refractivity contribution in [2.45, 2.75) is 32.6 Å². The van der Waals surface area contributed by atoms with Crippen molar-refractivity contribution >= 4 is 5.91 Å². The van der Waals surface area contributed by atoms with Crippen molar-refractivity contribution in [2.75, 3.05) is 0 Å². The Hall–Kier alpha value is -1.75. The van der Waals surface area contributed by atoms with Crippen molar-refractivity contribution < 1.29 is 4.79 Å². The number of rotatable bonds is 4. The summed E-state index contributed by atoms with van der Waals surface area (Å²) in [4.78, 5) is 10.9. The first-order chi connectivity index (χ1) is 7.74. The van der Waals surface area contributed by atoms with Gasteiger partial charge < -0.3 is 5.73 Å². The summed E-state index contributed by atoms with van der Waals surface area (Å²) in [5, 5.41) is 0. The Morgan fingerprint density at radius 3 is 2.81 bits per heavy atom. The van der Waals surface area contributed by atoms with E-state index in [1.165, 1.54) is 0 Å². The predicted molar refractivity (Wildman–Crippen MR) is 65.7 cm³/mol. The number of benzene rings is 1. The van der Waals surface area contributed by atoms with Crippen molar-refractivity contribution in [1.82, 2.24) is 0 Å². The van der Waals surface area contributed by atoms with Gasteiger partial charge in [0.2, 0.25) is 5.91 Å². The van der Waals surface area contributed by atoms with Gasteiger partial charge in [0.25, 0.3) is 0 Å². The number of amides is 1. The standard InChI is InChI=1S/C14H17NO/c1-2-3-4-5-8-12-9-6-7-10-13(12)11-14(15)16/h6-7,9-10H,2-4,11H2,1H3,(H2,15,16). The van der Waals surface area contributed by atoms with Gasteiger partial charge >= 0.3 is 0 Å². The van der Waals surface area contributed by atoms with Crippen molar-refractivity contribution in [3.05, 3.63) is 35.4 Å². The topological polar surface area (TPSA) is 43.1 Å². The van der Waals surface area contributed by atoms with Gasteiger partial charge in [-0.1, -0.05) is 43.4 Å². The summed E-state index contributed by atoms with van der Waals surface area (Å²) in [6, 6.07) is 7.65. The van der Waals surface area contributed by atoms with Crippen LogP contribution in [0.2, 0.25) is 0 Å². The zero-order valence-corrected chi connectivity index (χ0v) is 9.62. The van der Waals surface area contributed by atoms with Crippen LogP contribution in [0.3, 0.4) is 0 Å². The van der Waals surface area contributed by atoms with Gasteiger partial charge in [-0.05, 0) is 18.1 Å². The molecule has 0 fully saturated rings. The van der Waals surface area contributed by atoms with Crippen LogP contribution < -0.4 is 5.73 Å². The molecule has 16 heavy (non-hydrogen) atoms. The van der Waals surface area contributed by atoms with Gasteiger partial charge in [0.15, 0.2) is 0 Å². The molecule has 0 bridgehead atoms. The van der Waals surface area contributed by atoms with Crippen LogP contribution in [-0.4, -0.2) is 5.91 Å². The van der Waals surface area contributed by atoms with E-state index < -0.39 is 0 Å². The van der Waals surface area contributed by atoms with Crippen LogP contribution in [0.25, 0.3) is 0 Å². The highest BCUT2D eigenvalue weighted by atomic mass is 16.1. The molecule has 0 aromatic heterocycles. The first kappa shape index (κ1) is 12.3. The molecule has 0 unspecified atom stereocenters. The lowest BCUT2D eigenvalue weighted by Crippen LogP contribution is -2.14. The Bertz CT molecular complexity index is 412. The molecule has 1 aromatic carbocycles. The smallest absolute Gasteiger partial charge is 0.221 e. The van der Waals surface area contributed by atoms with E-state index in [0.717, 1.165) is 30.4 Å². The van der Waals surface area contributed by atoms with E-state index >= 15 is 0 Å². The molecule has 0 aliphatic rings. The molecule has 0 saturated carbocycles. The molecule has 1 rings (SSSR count). The van der Waals surface area contributed by atoms with E-state index in [1.54, 1.807) is 0 Å². The zero-order chi connectivity index (χ0) is 11.8. The van der Waals surface area contributed by atoms with Gasteiger partial charge in [0.05, 0.1) is 6.42 Å². The number of nitrogens with two attached hydrogens (primary N) is 1. The van der Waals surface area contributed by atoms with Crippen LogP contribution in [0.1, 0.15) is 37.3 Å². The molecule has 0 spiro atoms. The Morgan fingerprint density at radius 1 is 1.38 bits per heavy atom. The number of hydrogen-bond donors (Lipinski definition) is 1. The van der Waals surface area contributed by atoms with Crippen molar-refractivity contribution in [2.24, 2.45) is 5.73 Å². The second-order valence-corrected chi connectivity index (χ2v) is 3.71. The quantitative estimate of drug-likeness (QED) is 0.607. The summed E-state index contributed by atoms with van der Waals surface area (Å²) < 4.78 is 0. The maximum Gasteiger partial charge on any atom is 0.221 e. The van der Waals surface area contributed by atoms with Crippen LogP contribution in [-0.2, 0) is 11.2 Å². The normalized spacial score (nSPS) is 9.31. The molecule has 0 heterocycles. The number of carbonyl (C=O) groups excluding carboxylic acids is 1. The summed E-state index contributed by atoms with van der Waals surface area (Å²) in [6.07, 6.45) is 3.43. The predicted octanol–water partition coefficient (Wildman–Crippen LogP) is 2.26. The van der Waals surface area contributed by atoms with Crippen molar-refractivity contribution in [3.8, 4) is 11.8 Å². The first-order valence-electron chi connectivity index (χ1n) is 5.59. The molecule has 2 nitrogen and oxygen atoms in total. The Balaban J connectivity index is 2.76. The molecule has 84 valence electrons. The molecule has 0 atom stereocenters. The van der Waals surface area contributed by atoms with E-state index in [2.05, 4.69) is 18.8 Å². The third kappa shape index (κ3) is 4.18. The summed E-state index contributed by atoms with van der Waals surface area (Å²) in [6.45, 7) is 2.14. The fourth-order valence-electron chi connectivity index (χ4n) is 1.41. The third-order valence-corrected chi connectivity index (χ3v) is 2.26. The van der Waals surface area contributed by atoms with E-state index in [-0.39, 0.29) is 12.3 Å². The third-order valence-electron chi connectivity index (χ3n) is 2.26. The molecule has 2 heteroatoms. The minimum atomic E-state index is -0.317. The maximum atomic E-state index is 10.9. The minimum Gasteiger partial charge on any atom is -0.369 e. The zero-order valence-electron chi connectivity index (χ0n) is 9.62. The largest absolute Gasteiger partial charge is 0.369 e. The number of hydrogen-bond acceptors (Lipinski definition) is 1. The van der Waals surface area contributed by atoms with Crippen LogP contribution in [0.4, 0.5) is 0 Å². The summed E-state index contributed by atoms with van der Waals surface area (Å²) in [5.41, 5.74) is 7.01. The van der Waals surface area contributed by atoms with Gasteiger partial charge in [-0.15, -0.1) is 0 Å². The highest BCUT2D eigenvalue weighted by Gasteiger charge is 2.01. The van der Waals surface area contributed by atoms with Crippen LogP contribution in [0, 0.1) is 11.8 Å². The van der Waals surface area contributed by atoms with Gasteiger partial charge in [0.1, 0.15) is 0 Å². The molecule has 0 radical (unpaired) electrons. The molecule has 1 aromatic rings. The Labute approximate surface area is 96.9 Å². The highest BCUT2D eigenvalue weighted by Crippen LogP contribution is 2.08. The van der Waals surface area contributed by atoms with Crippen LogP contribution >= 0.6 is 0 Å². The Morgan fingerprint density at radius 2 is 2.12 bits per heavy atom. The van der Waals surface area contributed by atoms with Crippen LogP contribution in [0.5, 0.6) is 0 Å². The van der Waals surface area contributed by atoms with Crippen LogP contribution in [0.15, 0.2) is 24.3 Å². The fourth-order valence-corrected chi connectivity index (χ4v) is 1.41. The van der Waals surface area contributed by atoms with Crippen molar-refractivity contribution in [3.63, 3.8) is 0 Å². The fraction of sp³-hybridized carbons (Fsp3) is 0.357. The molecule has 0 saturated heterocycles. The lowest BCUT2D eigenvalue weighted by molar-refractivity contribution is -0.117. The number of primary amides is 1. The number of carbonyl (C=O) groups is 1. The average molecular weight is 215 g/mol. The van der Waals surface area contributed by atoms with Crippen molar-refractivity contribution in [1.29, 1.82) is 0 Å². The maximum absolute atomic E-state index is 10.9. The van der Waals surface area contributed by atoms with E-state index in [1.807, 2.05) is 24.3 Å². The summed E-state index contributed by atoms with van der Waals surface area (Å²) >= 11 is 0. The molecule has 0 aliphatic heterocycles. The van der Waals surface area contributed by atoms with Gasteiger partial charge in [-0.25, -0.2) is 0 Å². The second kappa shape index (κ2) is 6.68. The summed E-state index contributed by atoms with van der Waals surface area (Å²) in [7, 11) is 0. The molecule has 1 amide bonds. The SMILES string of the molecule is CCCCC#Cc1ccccc1CC(N)=O. The lowest BCUT2D eigenvalue weighted by Gasteiger charge is -2.00. The number of unbranched alkanes of at least 4 members (excludes halogenated alkanes) is 2. The van der Waals surface area contributed by atoms with Gasteiger partial charge in [-0.2, -0.15) is 0 Å². The molecule has 2 N–H and O–H groups in total. The van der Waals surface area contributed by atoms with E-state index in [0.29, 0.717) is 0 Å². The molecular weight excluding hydrogens is 198 g/mol. The minimum absolute atomic E-state index is 0.263. The molecular formula is C14H17NO.